The molecule has 0 aliphatic carbocycles. The Balaban J connectivity index is 1.71. The number of fused-ring (bicyclic) bond motifs is 1. The maximum absolute atomic E-state index is 13.3. The normalized spacial score (nSPS) is 17.6. The molecule has 2 heterocycles. The minimum absolute atomic E-state index is 0.0599. The van der Waals surface area contributed by atoms with Crippen LogP contribution in [0.4, 0.5) is 5.13 Å². The standard InChI is InChI=1S/C27H21BrN2O3S/c1-3-16-6-13-20-21(14-16)34-27(29-20)30-23(17-9-11-19(28)12-10-17)22(25(32)26(30)33)24(31)18-7-4-15(2)5-8-18/h4-14,23,31H,3H2,1-2H3. The van der Waals surface area contributed by atoms with Crippen molar-refractivity contribution < 1.29 is 14.7 Å². The summed E-state index contributed by atoms with van der Waals surface area (Å²) in [6.07, 6.45) is 0.892. The van der Waals surface area contributed by atoms with Crippen LogP contribution in [0.25, 0.3) is 16.0 Å². The van der Waals surface area contributed by atoms with E-state index >= 15 is 0 Å². The molecule has 1 amide bonds. The highest BCUT2D eigenvalue weighted by molar-refractivity contribution is 9.10. The van der Waals surface area contributed by atoms with Gasteiger partial charge >= 0.3 is 5.91 Å². The molecule has 7 heteroatoms. The zero-order valence-corrected chi connectivity index (χ0v) is 21.0. The summed E-state index contributed by atoms with van der Waals surface area (Å²) in [5.41, 5.74) is 4.24. The topological polar surface area (TPSA) is 70.5 Å². The molecular weight excluding hydrogens is 512 g/mol. The number of rotatable bonds is 4. The summed E-state index contributed by atoms with van der Waals surface area (Å²) in [5.74, 6) is -1.61. The molecular formula is C27H21BrN2O3S. The molecule has 0 bridgehead atoms. The van der Waals surface area contributed by atoms with Crippen LogP contribution in [-0.2, 0) is 16.0 Å². The van der Waals surface area contributed by atoms with Gasteiger partial charge in [-0.25, -0.2) is 4.98 Å². The molecule has 3 aromatic carbocycles. The number of carbonyl (C=O) groups excluding carboxylic acids is 2. The Morgan fingerprint density at radius 1 is 1.06 bits per heavy atom. The average Bonchev–Trinajstić information content (AvgIpc) is 3.37. The lowest BCUT2D eigenvalue weighted by atomic mass is 9.95. The van der Waals surface area contributed by atoms with Gasteiger partial charge < -0.3 is 5.11 Å². The van der Waals surface area contributed by atoms with Gasteiger partial charge in [0.05, 0.1) is 21.8 Å². The molecule has 1 aliphatic rings. The highest BCUT2D eigenvalue weighted by Crippen LogP contribution is 2.44. The maximum Gasteiger partial charge on any atom is 0.301 e. The van der Waals surface area contributed by atoms with Gasteiger partial charge in [-0.05, 0) is 48.7 Å². The predicted octanol–water partition coefficient (Wildman–Crippen LogP) is 6.56. The maximum atomic E-state index is 13.3. The fraction of sp³-hybridized carbons (Fsp3) is 0.148. The number of amides is 1. The van der Waals surface area contributed by atoms with Gasteiger partial charge in [0.2, 0.25) is 0 Å². The second kappa shape index (κ2) is 8.81. The molecule has 0 saturated carbocycles. The summed E-state index contributed by atoms with van der Waals surface area (Å²) in [7, 11) is 0. The zero-order chi connectivity index (χ0) is 24.0. The molecule has 1 unspecified atom stereocenters. The summed E-state index contributed by atoms with van der Waals surface area (Å²) >= 11 is 4.81. The average molecular weight is 533 g/mol. The molecule has 1 atom stereocenters. The molecule has 1 fully saturated rings. The molecule has 1 aromatic heterocycles. The summed E-state index contributed by atoms with van der Waals surface area (Å²) in [6.45, 7) is 4.03. The second-order valence-electron chi connectivity index (χ2n) is 8.24. The Morgan fingerprint density at radius 2 is 1.76 bits per heavy atom. The number of ketones is 1. The van der Waals surface area contributed by atoms with Crippen molar-refractivity contribution in [1.29, 1.82) is 0 Å². The summed E-state index contributed by atoms with van der Waals surface area (Å²) in [4.78, 5) is 32.7. The van der Waals surface area contributed by atoms with Gasteiger partial charge in [-0.3, -0.25) is 14.5 Å². The third-order valence-electron chi connectivity index (χ3n) is 6.01. The van der Waals surface area contributed by atoms with Crippen molar-refractivity contribution in [2.75, 3.05) is 4.90 Å². The fourth-order valence-electron chi connectivity index (χ4n) is 4.14. The summed E-state index contributed by atoms with van der Waals surface area (Å²) < 4.78 is 1.82. The number of halogens is 1. The summed E-state index contributed by atoms with van der Waals surface area (Å²) in [5, 5.41) is 11.6. The van der Waals surface area contributed by atoms with Crippen LogP contribution in [-0.4, -0.2) is 21.8 Å². The Kier molecular flexibility index (Phi) is 5.83. The van der Waals surface area contributed by atoms with E-state index < -0.39 is 17.7 Å². The Hall–Kier alpha value is -3.29. The minimum Gasteiger partial charge on any atom is -0.507 e. The predicted molar refractivity (Wildman–Crippen MR) is 139 cm³/mol. The zero-order valence-electron chi connectivity index (χ0n) is 18.6. The number of aliphatic hydroxyl groups excluding tert-OH is 1. The number of Topliss-reactive ketones (excluding diaryl/α,β-unsaturated/α-hetero) is 1. The molecule has 34 heavy (non-hydrogen) atoms. The molecule has 1 saturated heterocycles. The Bertz CT molecular complexity index is 1460. The molecule has 0 radical (unpaired) electrons. The minimum atomic E-state index is -0.791. The number of hydrogen-bond acceptors (Lipinski definition) is 5. The van der Waals surface area contributed by atoms with Crippen molar-refractivity contribution in [2.45, 2.75) is 26.3 Å². The SMILES string of the molecule is CCc1ccc2nc(N3C(=O)C(=O)C(=C(O)c4ccc(C)cc4)C3c3ccc(Br)cc3)sc2c1. The van der Waals surface area contributed by atoms with E-state index in [1.165, 1.54) is 21.8 Å². The first-order chi connectivity index (χ1) is 16.4. The van der Waals surface area contributed by atoms with Crippen LogP contribution in [0, 0.1) is 6.92 Å². The second-order valence-corrected chi connectivity index (χ2v) is 10.2. The molecule has 1 aliphatic heterocycles. The Labute approximate surface area is 209 Å². The van der Waals surface area contributed by atoms with Crippen LogP contribution in [0.5, 0.6) is 0 Å². The van der Waals surface area contributed by atoms with E-state index in [1.54, 1.807) is 12.1 Å². The lowest BCUT2D eigenvalue weighted by Gasteiger charge is -2.23. The first kappa shape index (κ1) is 22.5. The highest BCUT2D eigenvalue weighted by atomic mass is 79.9. The third kappa shape index (κ3) is 3.85. The van der Waals surface area contributed by atoms with Crippen molar-refractivity contribution in [1.82, 2.24) is 4.98 Å². The van der Waals surface area contributed by atoms with Gasteiger partial charge in [0, 0.05) is 10.0 Å². The van der Waals surface area contributed by atoms with E-state index in [2.05, 4.69) is 33.9 Å². The van der Waals surface area contributed by atoms with Crippen molar-refractivity contribution in [3.8, 4) is 0 Å². The first-order valence-corrected chi connectivity index (χ1v) is 12.5. The molecule has 0 spiro atoms. The molecule has 5 nitrogen and oxygen atoms in total. The van der Waals surface area contributed by atoms with Gasteiger partial charge in [0.1, 0.15) is 5.76 Å². The van der Waals surface area contributed by atoms with Crippen LogP contribution in [0.2, 0.25) is 0 Å². The van der Waals surface area contributed by atoms with Crippen LogP contribution < -0.4 is 4.90 Å². The van der Waals surface area contributed by atoms with Crippen LogP contribution >= 0.6 is 27.3 Å². The van der Waals surface area contributed by atoms with E-state index in [1.807, 2.05) is 55.5 Å². The number of hydrogen-bond donors (Lipinski definition) is 1. The van der Waals surface area contributed by atoms with Crippen LogP contribution in [0.3, 0.4) is 0 Å². The monoisotopic (exact) mass is 532 g/mol. The quantitative estimate of drug-likeness (QED) is 0.183. The lowest BCUT2D eigenvalue weighted by Crippen LogP contribution is -2.29. The molecule has 170 valence electrons. The van der Waals surface area contributed by atoms with Crippen molar-refractivity contribution in [3.05, 3.63) is 99.0 Å². The van der Waals surface area contributed by atoms with Gasteiger partial charge in [-0.2, -0.15) is 0 Å². The first-order valence-electron chi connectivity index (χ1n) is 10.9. The smallest absolute Gasteiger partial charge is 0.301 e. The van der Waals surface area contributed by atoms with Crippen molar-refractivity contribution in [2.24, 2.45) is 0 Å². The molecule has 1 N–H and O–H groups in total. The highest BCUT2D eigenvalue weighted by Gasteiger charge is 2.48. The largest absolute Gasteiger partial charge is 0.507 e. The molecule has 5 rings (SSSR count). The van der Waals surface area contributed by atoms with Gasteiger partial charge in [0.25, 0.3) is 5.78 Å². The van der Waals surface area contributed by atoms with E-state index in [0.717, 1.165) is 26.7 Å². The molecule has 4 aromatic rings. The van der Waals surface area contributed by atoms with Gasteiger partial charge in [-0.15, -0.1) is 0 Å². The number of carbonyl (C=O) groups is 2. The number of thiazole rings is 1. The van der Waals surface area contributed by atoms with Crippen molar-refractivity contribution >= 4 is 60.1 Å². The lowest BCUT2D eigenvalue weighted by molar-refractivity contribution is -0.132. The third-order valence-corrected chi connectivity index (χ3v) is 7.56. The van der Waals surface area contributed by atoms with E-state index in [9.17, 15) is 14.7 Å². The number of aliphatic hydroxyl groups is 1. The number of anilines is 1. The van der Waals surface area contributed by atoms with E-state index in [0.29, 0.717) is 16.3 Å². The Morgan fingerprint density at radius 3 is 2.44 bits per heavy atom. The van der Waals surface area contributed by atoms with Gasteiger partial charge in [-0.1, -0.05) is 82.2 Å². The van der Waals surface area contributed by atoms with Crippen LogP contribution in [0.15, 0.2) is 76.8 Å². The number of benzene rings is 3. The van der Waals surface area contributed by atoms with E-state index in [-0.39, 0.29) is 11.3 Å². The van der Waals surface area contributed by atoms with Crippen LogP contribution in [0.1, 0.15) is 35.2 Å². The van der Waals surface area contributed by atoms with E-state index in [4.69, 9.17) is 0 Å². The number of aryl methyl sites for hydroxylation is 2. The number of nitrogens with zero attached hydrogens (tertiary/aromatic N) is 2. The fourth-order valence-corrected chi connectivity index (χ4v) is 5.46. The van der Waals surface area contributed by atoms with Crippen molar-refractivity contribution in [3.63, 3.8) is 0 Å². The van der Waals surface area contributed by atoms with Gasteiger partial charge in [0.15, 0.2) is 5.13 Å². The summed E-state index contributed by atoms with van der Waals surface area (Å²) in [6, 6.07) is 19.8. The number of aromatic nitrogens is 1.